The molecule has 2 nitrogen and oxygen atoms in total. The van der Waals surface area contributed by atoms with Gasteiger partial charge in [0.05, 0.1) is 0 Å². The molecule has 0 saturated carbocycles. The van der Waals surface area contributed by atoms with Crippen LogP contribution in [-0.2, 0) is 6.54 Å². The minimum Gasteiger partial charge on any atom is -0.314 e. The molecule has 1 heterocycles. The highest BCUT2D eigenvalue weighted by atomic mass is 35.5. The van der Waals surface area contributed by atoms with Crippen molar-refractivity contribution in [2.75, 3.05) is 19.6 Å². The first-order valence-corrected chi connectivity index (χ1v) is 7.32. The molecule has 0 aliphatic carbocycles. The third kappa shape index (κ3) is 4.16. The van der Waals surface area contributed by atoms with Gasteiger partial charge >= 0.3 is 0 Å². The molecule has 1 aromatic carbocycles. The fraction of sp³-hybridized carbons (Fsp3) is 0.600. The van der Waals surface area contributed by atoms with Crippen LogP contribution < -0.4 is 5.32 Å². The summed E-state index contributed by atoms with van der Waals surface area (Å²) < 4.78 is 13.3. The van der Waals surface area contributed by atoms with Crippen LogP contribution in [0.1, 0.15) is 25.8 Å². The van der Waals surface area contributed by atoms with E-state index in [9.17, 15) is 4.39 Å². The summed E-state index contributed by atoms with van der Waals surface area (Å²) in [4.78, 5) is 2.41. The zero-order valence-electron chi connectivity index (χ0n) is 11.6. The average Bonchev–Trinajstić information content (AvgIpc) is 2.35. The Balaban J connectivity index is 2.08. The largest absolute Gasteiger partial charge is 0.314 e. The number of benzene rings is 1. The van der Waals surface area contributed by atoms with E-state index in [1.54, 1.807) is 12.1 Å². The van der Waals surface area contributed by atoms with Gasteiger partial charge < -0.3 is 5.32 Å². The van der Waals surface area contributed by atoms with Crippen LogP contribution in [0.25, 0.3) is 0 Å². The molecule has 1 unspecified atom stereocenters. The van der Waals surface area contributed by atoms with Crippen molar-refractivity contribution in [3.05, 3.63) is 34.6 Å². The van der Waals surface area contributed by atoms with Crippen LogP contribution >= 0.6 is 11.6 Å². The molecule has 1 aromatic rings. The number of rotatable bonds is 4. The van der Waals surface area contributed by atoms with Gasteiger partial charge in [0.15, 0.2) is 0 Å². The van der Waals surface area contributed by atoms with Crippen LogP contribution in [0.4, 0.5) is 4.39 Å². The first-order chi connectivity index (χ1) is 9.06. The Hall–Kier alpha value is -0.640. The molecule has 0 bridgehead atoms. The summed E-state index contributed by atoms with van der Waals surface area (Å²) in [6.07, 6.45) is 1.15. The van der Waals surface area contributed by atoms with Gasteiger partial charge in [0.1, 0.15) is 5.82 Å². The molecule has 19 heavy (non-hydrogen) atoms. The first-order valence-electron chi connectivity index (χ1n) is 6.95. The highest BCUT2D eigenvalue weighted by molar-refractivity contribution is 6.31. The predicted molar refractivity (Wildman–Crippen MR) is 77.9 cm³/mol. The number of piperazine rings is 1. The second-order valence-corrected chi connectivity index (χ2v) is 6.10. The first kappa shape index (κ1) is 14.8. The second kappa shape index (κ2) is 6.69. The van der Waals surface area contributed by atoms with Gasteiger partial charge in [0, 0.05) is 37.2 Å². The van der Waals surface area contributed by atoms with E-state index in [0.717, 1.165) is 38.2 Å². The predicted octanol–water partition coefficient (Wildman–Crippen LogP) is 3.30. The lowest BCUT2D eigenvalue weighted by Crippen LogP contribution is -2.51. The van der Waals surface area contributed by atoms with Gasteiger partial charge in [-0.1, -0.05) is 25.4 Å². The molecule has 0 aromatic heterocycles. The number of halogens is 2. The van der Waals surface area contributed by atoms with E-state index in [2.05, 4.69) is 24.1 Å². The van der Waals surface area contributed by atoms with Crippen molar-refractivity contribution in [3.8, 4) is 0 Å². The Bertz CT molecular complexity index is 423. The summed E-state index contributed by atoms with van der Waals surface area (Å²) in [6.45, 7) is 8.19. The zero-order valence-corrected chi connectivity index (χ0v) is 12.4. The van der Waals surface area contributed by atoms with E-state index in [0.29, 0.717) is 17.0 Å². The van der Waals surface area contributed by atoms with Crippen LogP contribution in [0.5, 0.6) is 0 Å². The lowest BCUT2D eigenvalue weighted by atomic mass is 10.00. The highest BCUT2D eigenvalue weighted by Crippen LogP contribution is 2.22. The highest BCUT2D eigenvalue weighted by Gasteiger charge is 2.23. The number of hydrogen-bond donors (Lipinski definition) is 1. The Morgan fingerprint density at radius 3 is 3.00 bits per heavy atom. The van der Waals surface area contributed by atoms with Gasteiger partial charge in [-0.15, -0.1) is 0 Å². The van der Waals surface area contributed by atoms with Crippen molar-refractivity contribution in [1.82, 2.24) is 10.2 Å². The molecule has 1 N–H and O–H groups in total. The molecule has 1 saturated heterocycles. The quantitative estimate of drug-likeness (QED) is 0.913. The average molecular weight is 285 g/mol. The van der Waals surface area contributed by atoms with Crippen LogP contribution in [0.15, 0.2) is 18.2 Å². The maximum atomic E-state index is 13.3. The topological polar surface area (TPSA) is 15.3 Å². The van der Waals surface area contributed by atoms with E-state index in [4.69, 9.17) is 11.6 Å². The molecule has 1 atom stereocenters. The molecule has 0 radical (unpaired) electrons. The van der Waals surface area contributed by atoms with Gasteiger partial charge in [-0.3, -0.25) is 4.90 Å². The normalized spacial score (nSPS) is 21.0. The molecule has 106 valence electrons. The Morgan fingerprint density at radius 2 is 2.26 bits per heavy atom. The Morgan fingerprint density at radius 1 is 1.47 bits per heavy atom. The smallest absolute Gasteiger partial charge is 0.123 e. The monoisotopic (exact) mass is 284 g/mol. The van der Waals surface area contributed by atoms with Gasteiger partial charge in [-0.05, 0) is 36.1 Å². The summed E-state index contributed by atoms with van der Waals surface area (Å²) in [5.41, 5.74) is 0.886. The maximum Gasteiger partial charge on any atom is 0.123 e. The van der Waals surface area contributed by atoms with E-state index in [1.807, 2.05) is 0 Å². The minimum atomic E-state index is -0.213. The van der Waals surface area contributed by atoms with Crippen molar-refractivity contribution < 1.29 is 4.39 Å². The Kier molecular flexibility index (Phi) is 5.20. The van der Waals surface area contributed by atoms with Crippen LogP contribution in [0, 0.1) is 11.7 Å². The molecule has 0 spiro atoms. The molecule has 4 heteroatoms. The van der Waals surface area contributed by atoms with Crippen molar-refractivity contribution in [3.63, 3.8) is 0 Å². The molecule has 1 fully saturated rings. The van der Waals surface area contributed by atoms with E-state index >= 15 is 0 Å². The maximum absolute atomic E-state index is 13.3. The molecule has 1 aliphatic heterocycles. The standard InChI is InChI=1S/C15H22ClFN2/c1-11(2)7-14-9-18-5-6-19(14)10-12-8-13(17)3-4-15(12)16/h3-4,8,11,14,18H,5-7,9-10H2,1-2H3. The summed E-state index contributed by atoms with van der Waals surface area (Å²) in [5, 5.41) is 4.09. The lowest BCUT2D eigenvalue weighted by molar-refractivity contribution is 0.134. The zero-order chi connectivity index (χ0) is 13.8. The van der Waals surface area contributed by atoms with Crippen LogP contribution in [-0.4, -0.2) is 30.6 Å². The summed E-state index contributed by atoms with van der Waals surface area (Å²) in [5.74, 6) is 0.449. The summed E-state index contributed by atoms with van der Waals surface area (Å²) in [6, 6.07) is 5.12. The van der Waals surface area contributed by atoms with E-state index < -0.39 is 0 Å². The molecular weight excluding hydrogens is 263 g/mol. The summed E-state index contributed by atoms with van der Waals surface area (Å²) in [7, 11) is 0. The third-order valence-corrected chi connectivity index (χ3v) is 3.97. The van der Waals surface area contributed by atoms with Crippen molar-refractivity contribution in [2.45, 2.75) is 32.9 Å². The van der Waals surface area contributed by atoms with Crippen LogP contribution in [0.2, 0.25) is 5.02 Å². The van der Waals surface area contributed by atoms with Crippen molar-refractivity contribution in [1.29, 1.82) is 0 Å². The fourth-order valence-electron chi connectivity index (χ4n) is 2.67. The Labute approximate surface area is 119 Å². The SMILES string of the molecule is CC(C)CC1CNCCN1Cc1cc(F)ccc1Cl. The van der Waals surface area contributed by atoms with Crippen LogP contribution in [0.3, 0.4) is 0 Å². The molecule has 1 aliphatic rings. The van der Waals surface area contributed by atoms with Gasteiger partial charge in [0.25, 0.3) is 0 Å². The van der Waals surface area contributed by atoms with Gasteiger partial charge in [0.2, 0.25) is 0 Å². The number of hydrogen-bond acceptors (Lipinski definition) is 2. The lowest BCUT2D eigenvalue weighted by Gasteiger charge is -2.37. The number of nitrogens with one attached hydrogen (secondary N) is 1. The van der Waals surface area contributed by atoms with Gasteiger partial charge in [-0.25, -0.2) is 4.39 Å². The van der Waals surface area contributed by atoms with E-state index in [1.165, 1.54) is 6.07 Å². The van der Waals surface area contributed by atoms with E-state index in [-0.39, 0.29) is 5.82 Å². The minimum absolute atomic E-state index is 0.213. The summed E-state index contributed by atoms with van der Waals surface area (Å²) >= 11 is 6.16. The number of nitrogens with zero attached hydrogens (tertiary/aromatic N) is 1. The second-order valence-electron chi connectivity index (χ2n) is 5.69. The van der Waals surface area contributed by atoms with Crippen molar-refractivity contribution >= 4 is 11.6 Å². The van der Waals surface area contributed by atoms with Crippen molar-refractivity contribution in [2.24, 2.45) is 5.92 Å². The molecule has 2 rings (SSSR count). The molecule has 0 amide bonds. The molecular formula is C15H22ClFN2. The fourth-order valence-corrected chi connectivity index (χ4v) is 2.85. The third-order valence-electron chi connectivity index (χ3n) is 3.60. The van der Waals surface area contributed by atoms with Gasteiger partial charge in [-0.2, -0.15) is 0 Å².